The Morgan fingerprint density at radius 3 is 2.19 bits per heavy atom. The predicted molar refractivity (Wildman–Crippen MR) is 103 cm³/mol. The fraction of sp³-hybridized carbons (Fsp3) is 0.250. The number of hydrogen-bond donors (Lipinski definition) is 2. The van der Waals surface area contributed by atoms with Crippen molar-refractivity contribution in [3.63, 3.8) is 0 Å². The second-order valence-electron chi connectivity index (χ2n) is 6.40. The molecule has 2 aromatic rings. The number of nitrogens with zero attached hydrogens (tertiary/aromatic N) is 1. The smallest absolute Gasteiger partial charge is 0.323 e. The molecule has 3 amide bonds. The number of nitrogens with two attached hydrogens (primary N) is 1. The third-order valence-corrected chi connectivity index (χ3v) is 4.03. The van der Waals surface area contributed by atoms with Crippen molar-refractivity contribution in [1.82, 2.24) is 0 Å². The van der Waals surface area contributed by atoms with E-state index in [1.807, 2.05) is 39.0 Å². The summed E-state index contributed by atoms with van der Waals surface area (Å²) in [5.41, 5.74) is 8.79. The summed E-state index contributed by atoms with van der Waals surface area (Å²) >= 11 is 0. The second-order valence-corrected chi connectivity index (χ2v) is 6.40. The quantitative estimate of drug-likeness (QED) is 0.654. The molecular weight excluding hydrogens is 330 g/mol. The number of nitrogens with one attached hydrogen (secondary N) is 1. The number of carbonyl (C=O) groups is 3. The number of hydrogen-bond acceptors (Lipinski definition) is 4. The Bertz CT molecular complexity index is 842. The maximum Gasteiger partial charge on any atom is 0.323 e. The lowest BCUT2D eigenvalue weighted by Crippen LogP contribution is -2.43. The van der Waals surface area contributed by atoms with Gasteiger partial charge in [-0.15, -0.1) is 0 Å². The zero-order valence-corrected chi connectivity index (χ0v) is 15.4. The first-order valence-corrected chi connectivity index (χ1v) is 8.33. The lowest BCUT2D eigenvalue weighted by Gasteiger charge is -2.20. The van der Waals surface area contributed by atoms with Crippen LogP contribution >= 0.6 is 0 Å². The number of amides is 3. The molecule has 26 heavy (non-hydrogen) atoms. The van der Waals surface area contributed by atoms with Crippen LogP contribution in [0.4, 0.5) is 17.1 Å². The Labute approximate surface area is 153 Å². The van der Waals surface area contributed by atoms with Gasteiger partial charge in [-0.1, -0.05) is 32.0 Å². The number of benzene rings is 2. The van der Waals surface area contributed by atoms with E-state index in [0.717, 1.165) is 16.0 Å². The predicted octanol–water partition coefficient (Wildman–Crippen LogP) is 3.22. The van der Waals surface area contributed by atoms with Crippen molar-refractivity contribution >= 4 is 34.8 Å². The Kier molecular flexibility index (Phi) is 5.77. The van der Waals surface area contributed by atoms with Crippen LogP contribution in [-0.4, -0.2) is 17.7 Å². The normalized spacial score (nSPS) is 10.5. The summed E-state index contributed by atoms with van der Waals surface area (Å²) in [6, 6.07) is 11.8. The van der Waals surface area contributed by atoms with Crippen LogP contribution in [0.25, 0.3) is 0 Å². The summed E-state index contributed by atoms with van der Waals surface area (Å²) in [5.74, 6) is -2.20. The molecule has 0 bridgehead atoms. The number of aryl methyl sites for hydroxylation is 1. The zero-order valence-electron chi connectivity index (χ0n) is 15.4. The molecule has 0 fully saturated rings. The van der Waals surface area contributed by atoms with Gasteiger partial charge in [0, 0.05) is 18.3 Å². The average Bonchev–Trinajstić information content (AvgIpc) is 2.57. The van der Waals surface area contributed by atoms with E-state index >= 15 is 0 Å². The highest BCUT2D eigenvalue weighted by atomic mass is 16.2. The standard InChI is InChI=1S/C20H23N3O3/c1-12(2)17-7-5-6-13(3)18(17)22-19(25)20(26)23(14(4)24)16-10-8-15(21)9-11-16/h5-12H,21H2,1-4H3,(H,22,25). The third kappa shape index (κ3) is 4.08. The Morgan fingerprint density at radius 2 is 1.65 bits per heavy atom. The summed E-state index contributed by atoms with van der Waals surface area (Å²) in [6.07, 6.45) is 0. The molecule has 6 heteroatoms. The van der Waals surface area contributed by atoms with Crippen molar-refractivity contribution < 1.29 is 14.4 Å². The van der Waals surface area contributed by atoms with E-state index in [0.29, 0.717) is 17.1 Å². The molecule has 6 nitrogen and oxygen atoms in total. The van der Waals surface area contributed by atoms with Crippen LogP contribution in [0.5, 0.6) is 0 Å². The molecule has 0 aliphatic rings. The number of rotatable bonds is 3. The van der Waals surface area contributed by atoms with Gasteiger partial charge in [0.25, 0.3) is 0 Å². The minimum absolute atomic E-state index is 0.168. The van der Waals surface area contributed by atoms with E-state index in [9.17, 15) is 14.4 Å². The molecule has 0 aliphatic heterocycles. The molecule has 0 saturated carbocycles. The van der Waals surface area contributed by atoms with Crippen molar-refractivity contribution in [2.45, 2.75) is 33.6 Å². The van der Waals surface area contributed by atoms with Crippen molar-refractivity contribution in [2.75, 3.05) is 16.0 Å². The van der Waals surface area contributed by atoms with E-state index in [-0.39, 0.29) is 5.92 Å². The zero-order chi connectivity index (χ0) is 19.4. The minimum Gasteiger partial charge on any atom is -0.399 e. The van der Waals surface area contributed by atoms with E-state index in [1.54, 1.807) is 12.1 Å². The van der Waals surface area contributed by atoms with Gasteiger partial charge in [-0.05, 0) is 48.2 Å². The maximum atomic E-state index is 12.6. The van der Waals surface area contributed by atoms with Gasteiger partial charge in [0.2, 0.25) is 5.91 Å². The fourth-order valence-electron chi connectivity index (χ4n) is 2.68. The largest absolute Gasteiger partial charge is 0.399 e. The highest BCUT2D eigenvalue weighted by Gasteiger charge is 2.27. The SMILES string of the molecule is CC(=O)N(C(=O)C(=O)Nc1c(C)cccc1C(C)C)c1ccc(N)cc1. The molecule has 0 unspecified atom stereocenters. The van der Waals surface area contributed by atoms with Crippen LogP contribution in [0.1, 0.15) is 37.8 Å². The number of imide groups is 1. The lowest BCUT2D eigenvalue weighted by atomic mass is 9.98. The summed E-state index contributed by atoms with van der Waals surface area (Å²) in [5, 5.41) is 2.67. The van der Waals surface area contributed by atoms with Crippen molar-refractivity contribution in [2.24, 2.45) is 0 Å². The average molecular weight is 353 g/mol. The first kappa shape index (κ1) is 19.2. The molecule has 0 saturated heterocycles. The minimum atomic E-state index is -0.944. The Morgan fingerprint density at radius 1 is 1.04 bits per heavy atom. The lowest BCUT2D eigenvalue weighted by molar-refractivity contribution is -0.136. The maximum absolute atomic E-state index is 12.6. The van der Waals surface area contributed by atoms with Crippen molar-refractivity contribution in [3.8, 4) is 0 Å². The Balaban J connectivity index is 2.32. The molecule has 3 N–H and O–H groups in total. The van der Waals surface area contributed by atoms with Gasteiger partial charge in [-0.25, -0.2) is 4.90 Å². The molecule has 2 rings (SSSR count). The van der Waals surface area contributed by atoms with Gasteiger partial charge < -0.3 is 11.1 Å². The number of nitrogen functional groups attached to an aromatic ring is 1. The summed E-state index contributed by atoms with van der Waals surface area (Å²) in [6.45, 7) is 7.09. The molecule has 0 atom stereocenters. The molecular formula is C20H23N3O3. The number of carbonyl (C=O) groups excluding carboxylic acids is 3. The molecule has 0 aromatic heterocycles. The Hall–Kier alpha value is -3.15. The van der Waals surface area contributed by atoms with Gasteiger partial charge in [-0.3, -0.25) is 14.4 Å². The molecule has 0 spiro atoms. The fourth-order valence-corrected chi connectivity index (χ4v) is 2.68. The van der Waals surface area contributed by atoms with E-state index in [4.69, 9.17) is 5.73 Å². The van der Waals surface area contributed by atoms with E-state index in [2.05, 4.69) is 5.32 Å². The first-order valence-electron chi connectivity index (χ1n) is 8.33. The molecule has 0 aliphatic carbocycles. The molecule has 2 aromatic carbocycles. The van der Waals surface area contributed by atoms with Gasteiger partial charge in [-0.2, -0.15) is 0 Å². The van der Waals surface area contributed by atoms with Crippen molar-refractivity contribution in [3.05, 3.63) is 53.6 Å². The monoisotopic (exact) mass is 353 g/mol. The van der Waals surface area contributed by atoms with E-state index in [1.165, 1.54) is 19.1 Å². The third-order valence-electron chi connectivity index (χ3n) is 4.03. The van der Waals surface area contributed by atoms with Gasteiger partial charge in [0.05, 0.1) is 5.69 Å². The first-order chi connectivity index (χ1) is 12.2. The van der Waals surface area contributed by atoms with Gasteiger partial charge in [0.15, 0.2) is 0 Å². The summed E-state index contributed by atoms with van der Waals surface area (Å²) in [7, 11) is 0. The second kappa shape index (κ2) is 7.82. The van der Waals surface area contributed by atoms with Crippen molar-refractivity contribution in [1.29, 1.82) is 0 Å². The van der Waals surface area contributed by atoms with Crippen LogP contribution in [0.3, 0.4) is 0 Å². The summed E-state index contributed by atoms with van der Waals surface area (Å²) < 4.78 is 0. The summed E-state index contributed by atoms with van der Waals surface area (Å²) in [4.78, 5) is 38.0. The van der Waals surface area contributed by atoms with Crippen LogP contribution < -0.4 is 16.0 Å². The molecule has 136 valence electrons. The highest BCUT2D eigenvalue weighted by Crippen LogP contribution is 2.27. The van der Waals surface area contributed by atoms with Gasteiger partial charge in [0.1, 0.15) is 0 Å². The van der Waals surface area contributed by atoms with Crippen LogP contribution in [0.2, 0.25) is 0 Å². The highest BCUT2D eigenvalue weighted by molar-refractivity contribution is 6.48. The van der Waals surface area contributed by atoms with Crippen LogP contribution in [-0.2, 0) is 14.4 Å². The van der Waals surface area contributed by atoms with Gasteiger partial charge >= 0.3 is 11.8 Å². The molecule has 0 heterocycles. The number of para-hydroxylation sites is 1. The number of anilines is 3. The topological polar surface area (TPSA) is 92.5 Å². The molecule has 0 radical (unpaired) electrons. The van der Waals surface area contributed by atoms with Crippen LogP contribution in [0.15, 0.2) is 42.5 Å². The van der Waals surface area contributed by atoms with E-state index < -0.39 is 17.7 Å². The van der Waals surface area contributed by atoms with Crippen LogP contribution in [0, 0.1) is 6.92 Å².